The molecule has 0 saturated heterocycles. The van der Waals surface area contributed by atoms with Crippen LogP contribution in [0.1, 0.15) is 11.1 Å². The van der Waals surface area contributed by atoms with Crippen LogP contribution in [-0.4, -0.2) is 17.9 Å². The van der Waals surface area contributed by atoms with Crippen molar-refractivity contribution < 1.29 is 5.11 Å². The molecular formula is C25H23OP. The van der Waals surface area contributed by atoms with Crippen molar-refractivity contribution in [2.45, 2.75) is 5.60 Å². The van der Waals surface area contributed by atoms with Gasteiger partial charge >= 0.3 is 0 Å². The largest absolute Gasteiger partial charge is 0.380 e. The first-order chi connectivity index (χ1) is 13.2. The van der Waals surface area contributed by atoms with Crippen LogP contribution in [0.2, 0.25) is 0 Å². The Morgan fingerprint density at radius 3 is 1.81 bits per heavy atom. The van der Waals surface area contributed by atoms with Crippen molar-refractivity contribution in [1.82, 2.24) is 0 Å². The lowest BCUT2D eigenvalue weighted by Crippen LogP contribution is -2.32. The summed E-state index contributed by atoms with van der Waals surface area (Å²) in [6.45, 7) is 2.27. The van der Waals surface area contributed by atoms with Gasteiger partial charge in [0.2, 0.25) is 0 Å². The summed E-state index contributed by atoms with van der Waals surface area (Å²) >= 11 is 0. The predicted molar refractivity (Wildman–Crippen MR) is 117 cm³/mol. The van der Waals surface area contributed by atoms with Crippen LogP contribution in [0.4, 0.5) is 0 Å². The van der Waals surface area contributed by atoms with Gasteiger partial charge in [-0.05, 0) is 33.9 Å². The van der Waals surface area contributed by atoms with Gasteiger partial charge in [0, 0.05) is 6.16 Å². The van der Waals surface area contributed by atoms with Crippen LogP contribution in [0.25, 0.3) is 10.8 Å². The Kier molecular flexibility index (Phi) is 5.07. The van der Waals surface area contributed by atoms with Crippen molar-refractivity contribution in [3.8, 4) is 0 Å². The quantitative estimate of drug-likeness (QED) is 0.459. The summed E-state index contributed by atoms with van der Waals surface area (Å²) in [5.41, 5.74) is 0.900. The number of aliphatic hydroxyl groups is 1. The van der Waals surface area contributed by atoms with E-state index in [2.05, 4.69) is 49.1 Å². The van der Waals surface area contributed by atoms with Gasteiger partial charge in [-0.3, -0.25) is 0 Å². The van der Waals surface area contributed by atoms with E-state index < -0.39 is 13.5 Å². The lowest BCUT2D eigenvalue weighted by atomic mass is 9.88. The maximum Gasteiger partial charge on any atom is 0.119 e. The third kappa shape index (κ3) is 3.54. The molecule has 1 unspecified atom stereocenters. The smallest absolute Gasteiger partial charge is 0.119 e. The van der Waals surface area contributed by atoms with E-state index in [4.69, 9.17) is 0 Å². The first kappa shape index (κ1) is 17.9. The van der Waals surface area contributed by atoms with E-state index in [0.717, 1.165) is 11.1 Å². The summed E-state index contributed by atoms with van der Waals surface area (Å²) in [5, 5.41) is 15.8. The molecular weight excluding hydrogens is 347 g/mol. The van der Waals surface area contributed by atoms with Gasteiger partial charge in [0.05, 0.1) is 0 Å². The van der Waals surface area contributed by atoms with Gasteiger partial charge in [-0.1, -0.05) is 111 Å². The van der Waals surface area contributed by atoms with Crippen LogP contribution >= 0.6 is 7.92 Å². The second-order valence-corrected chi connectivity index (χ2v) is 9.14. The highest BCUT2D eigenvalue weighted by Crippen LogP contribution is 2.43. The van der Waals surface area contributed by atoms with E-state index in [-0.39, 0.29) is 0 Å². The van der Waals surface area contributed by atoms with E-state index >= 15 is 0 Å². The molecule has 1 N–H and O–H groups in total. The van der Waals surface area contributed by atoms with Crippen LogP contribution in [0.15, 0.2) is 103 Å². The molecule has 0 saturated carbocycles. The van der Waals surface area contributed by atoms with Gasteiger partial charge in [-0.2, -0.15) is 0 Å². The maximum atomic E-state index is 11.9. The molecule has 1 nitrogen and oxygen atoms in total. The maximum absolute atomic E-state index is 11.9. The van der Waals surface area contributed by atoms with E-state index in [1.165, 1.54) is 16.1 Å². The topological polar surface area (TPSA) is 20.2 Å². The number of benzene rings is 4. The molecule has 134 valence electrons. The van der Waals surface area contributed by atoms with Crippen molar-refractivity contribution in [2.75, 3.05) is 12.8 Å². The van der Waals surface area contributed by atoms with Gasteiger partial charge in [0.15, 0.2) is 0 Å². The Morgan fingerprint density at radius 2 is 1.19 bits per heavy atom. The Balaban J connectivity index is 1.78. The number of hydrogen-bond donors (Lipinski definition) is 1. The zero-order valence-corrected chi connectivity index (χ0v) is 16.3. The Morgan fingerprint density at radius 1 is 0.667 bits per heavy atom. The minimum absolute atomic E-state index is 0.561. The highest BCUT2D eigenvalue weighted by Gasteiger charge is 2.33. The minimum Gasteiger partial charge on any atom is -0.380 e. The average Bonchev–Trinajstić information content (AvgIpc) is 2.74. The van der Waals surface area contributed by atoms with Crippen molar-refractivity contribution in [2.24, 2.45) is 0 Å². The molecule has 0 radical (unpaired) electrons. The number of fused-ring (bicyclic) bond motifs is 1. The minimum atomic E-state index is -1.00. The SMILES string of the molecule is CP(CC(O)(c1ccccc1)c1ccccc1)c1cccc2ccccc12. The zero-order chi connectivity index (χ0) is 18.7. The van der Waals surface area contributed by atoms with Gasteiger partial charge in [0.25, 0.3) is 0 Å². The molecule has 0 amide bonds. The second kappa shape index (κ2) is 7.64. The third-order valence-corrected chi connectivity index (χ3v) is 7.29. The predicted octanol–water partition coefficient (Wildman–Crippen LogP) is 5.51. The average molecular weight is 370 g/mol. The molecule has 4 rings (SSSR count). The van der Waals surface area contributed by atoms with E-state index in [9.17, 15) is 5.11 Å². The molecule has 0 heterocycles. The first-order valence-corrected chi connectivity index (χ1v) is 11.2. The van der Waals surface area contributed by atoms with Gasteiger partial charge in [-0.15, -0.1) is 0 Å². The fraction of sp³-hybridized carbons (Fsp3) is 0.120. The summed E-state index contributed by atoms with van der Waals surface area (Å²) in [5.74, 6) is 0. The molecule has 4 aromatic rings. The van der Waals surface area contributed by atoms with Crippen LogP contribution in [-0.2, 0) is 5.60 Å². The molecule has 2 heteroatoms. The molecule has 0 aromatic heterocycles. The second-order valence-electron chi connectivity index (χ2n) is 6.95. The van der Waals surface area contributed by atoms with Crippen molar-refractivity contribution in [3.63, 3.8) is 0 Å². The summed E-state index contributed by atoms with van der Waals surface area (Å²) in [6, 6.07) is 35.1. The van der Waals surface area contributed by atoms with Crippen molar-refractivity contribution in [1.29, 1.82) is 0 Å². The van der Waals surface area contributed by atoms with Crippen LogP contribution < -0.4 is 5.30 Å². The summed E-state index contributed by atoms with van der Waals surface area (Å²) in [7, 11) is -0.561. The van der Waals surface area contributed by atoms with Crippen molar-refractivity contribution in [3.05, 3.63) is 114 Å². The zero-order valence-electron chi connectivity index (χ0n) is 15.4. The normalized spacial score (nSPS) is 12.8. The van der Waals surface area contributed by atoms with Crippen LogP contribution in [0.3, 0.4) is 0 Å². The summed E-state index contributed by atoms with van der Waals surface area (Å²) in [6.07, 6.45) is 0.685. The summed E-state index contributed by atoms with van der Waals surface area (Å²) in [4.78, 5) is 0. The third-order valence-electron chi connectivity index (χ3n) is 5.15. The van der Waals surface area contributed by atoms with E-state index in [0.29, 0.717) is 6.16 Å². The molecule has 0 fully saturated rings. The first-order valence-electron chi connectivity index (χ1n) is 9.21. The Hall–Kier alpha value is -2.47. The fourth-order valence-corrected chi connectivity index (χ4v) is 5.92. The van der Waals surface area contributed by atoms with E-state index in [1.807, 2.05) is 60.7 Å². The van der Waals surface area contributed by atoms with Gasteiger partial charge < -0.3 is 5.11 Å². The van der Waals surface area contributed by atoms with Crippen LogP contribution in [0, 0.1) is 0 Å². The molecule has 0 aliphatic carbocycles. The monoisotopic (exact) mass is 370 g/mol. The Labute approximate surface area is 162 Å². The van der Waals surface area contributed by atoms with Gasteiger partial charge in [0.1, 0.15) is 5.60 Å². The summed E-state index contributed by atoms with van der Waals surface area (Å²) < 4.78 is 0. The highest BCUT2D eigenvalue weighted by atomic mass is 31.1. The molecule has 0 spiro atoms. The highest BCUT2D eigenvalue weighted by molar-refractivity contribution is 7.65. The van der Waals surface area contributed by atoms with Gasteiger partial charge in [-0.25, -0.2) is 0 Å². The van der Waals surface area contributed by atoms with Crippen molar-refractivity contribution >= 4 is 24.0 Å². The van der Waals surface area contributed by atoms with E-state index in [1.54, 1.807) is 0 Å². The number of rotatable bonds is 5. The Bertz CT molecular complexity index is 983. The fourth-order valence-electron chi connectivity index (χ4n) is 3.75. The molecule has 27 heavy (non-hydrogen) atoms. The number of hydrogen-bond acceptors (Lipinski definition) is 1. The molecule has 0 bridgehead atoms. The molecule has 0 aliphatic rings. The molecule has 1 atom stereocenters. The lowest BCUT2D eigenvalue weighted by molar-refractivity contribution is 0.107. The van der Waals surface area contributed by atoms with Crippen LogP contribution in [0.5, 0.6) is 0 Å². The molecule has 4 aromatic carbocycles. The molecule has 0 aliphatic heterocycles. The lowest BCUT2D eigenvalue weighted by Gasteiger charge is -2.32. The standard InChI is InChI=1S/C25H23OP/c1-27(24-18-10-12-20-11-8-9-17-23(20)24)19-25(26,21-13-4-2-5-14-21)22-15-6-3-7-16-22/h2-18,26H,19H2,1H3.